The van der Waals surface area contributed by atoms with Crippen molar-refractivity contribution in [2.24, 2.45) is 28.6 Å². The van der Waals surface area contributed by atoms with Crippen LogP contribution >= 0.6 is 0 Å². The fourth-order valence-corrected chi connectivity index (χ4v) is 7.54. The zero-order chi connectivity index (χ0) is 27.0. The second kappa shape index (κ2) is 8.94. The summed E-state index contributed by atoms with van der Waals surface area (Å²) in [7, 11) is 0. The van der Waals surface area contributed by atoms with Gasteiger partial charge >= 0.3 is 17.9 Å². The normalized spacial score (nSPS) is 42.8. The summed E-state index contributed by atoms with van der Waals surface area (Å²) in [6, 6.07) is 0. The number of fused-ring (bicyclic) bond motifs is 1. The molecule has 3 saturated heterocycles. The van der Waals surface area contributed by atoms with Crippen LogP contribution in [0.4, 0.5) is 0 Å². The summed E-state index contributed by atoms with van der Waals surface area (Å²) < 4.78 is 22.4. The summed E-state index contributed by atoms with van der Waals surface area (Å²) in [5, 5.41) is 10.6. The predicted octanol–water partition coefficient (Wildman–Crippen LogP) is 4.10. The number of carbonyl (C=O) groups excluding carboxylic acids is 3. The molecule has 4 aliphatic carbocycles. The van der Waals surface area contributed by atoms with Gasteiger partial charge in [-0.05, 0) is 90.9 Å². The smallest absolute Gasteiger partial charge is 0.312 e. The van der Waals surface area contributed by atoms with Gasteiger partial charge in [-0.1, -0.05) is 13.8 Å². The molecule has 3 aliphatic heterocycles. The Labute approximate surface area is 220 Å². The summed E-state index contributed by atoms with van der Waals surface area (Å²) in [5.41, 5.74) is -1.83. The maximum atomic E-state index is 12.4. The molecule has 3 heterocycles. The van der Waals surface area contributed by atoms with Crippen LogP contribution in [0.1, 0.15) is 99.3 Å². The third-order valence-electron chi connectivity index (χ3n) is 10.2. The van der Waals surface area contributed by atoms with Gasteiger partial charge in [0.2, 0.25) is 0 Å². The molecule has 4 saturated carbocycles. The lowest BCUT2D eigenvalue weighted by Gasteiger charge is -2.59. The second-order valence-corrected chi connectivity index (χ2v) is 14.0. The molecular weight excluding hydrogens is 476 g/mol. The van der Waals surface area contributed by atoms with Crippen molar-refractivity contribution in [3.05, 3.63) is 0 Å². The van der Waals surface area contributed by atoms with Crippen molar-refractivity contribution in [3.63, 3.8) is 0 Å². The van der Waals surface area contributed by atoms with Gasteiger partial charge in [0.25, 0.3) is 0 Å². The number of hydrogen-bond acceptors (Lipinski definition) is 8. The molecule has 6 bridgehead atoms. The van der Waals surface area contributed by atoms with E-state index in [1.165, 1.54) is 6.42 Å². The zero-order valence-corrected chi connectivity index (χ0v) is 23.2. The van der Waals surface area contributed by atoms with Crippen LogP contribution in [0.2, 0.25) is 0 Å². The largest absolute Gasteiger partial charge is 0.459 e. The van der Waals surface area contributed by atoms with E-state index in [0.29, 0.717) is 31.1 Å². The van der Waals surface area contributed by atoms with E-state index in [9.17, 15) is 19.5 Å². The van der Waals surface area contributed by atoms with Crippen molar-refractivity contribution in [3.8, 4) is 0 Å². The van der Waals surface area contributed by atoms with E-state index in [1.54, 1.807) is 0 Å². The first kappa shape index (κ1) is 26.9. The van der Waals surface area contributed by atoms with Crippen molar-refractivity contribution in [2.75, 3.05) is 0 Å². The van der Waals surface area contributed by atoms with E-state index in [0.717, 1.165) is 32.1 Å². The van der Waals surface area contributed by atoms with Gasteiger partial charge < -0.3 is 24.1 Å². The molecule has 0 amide bonds. The van der Waals surface area contributed by atoms with Gasteiger partial charge in [-0.3, -0.25) is 14.4 Å². The number of ether oxygens (including phenoxy) is 4. The average Bonchev–Trinajstić information content (AvgIpc) is 3.42. The molecule has 8 heteroatoms. The van der Waals surface area contributed by atoms with Gasteiger partial charge in [-0.2, -0.15) is 0 Å². The molecule has 0 aromatic carbocycles. The van der Waals surface area contributed by atoms with Crippen molar-refractivity contribution < 1.29 is 38.4 Å². The summed E-state index contributed by atoms with van der Waals surface area (Å²) in [6.07, 6.45) is 6.59. The average molecular weight is 521 g/mol. The topological polar surface area (TPSA) is 108 Å². The van der Waals surface area contributed by atoms with Gasteiger partial charge in [0, 0.05) is 6.42 Å². The lowest BCUT2D eigenvalue weighted by atomic mass is 9.52. The minimum absolute atomic E-state index is 0.0828. The van der Waals surface area contributed by atoms with Gasteiger partial charge in [-0.25, -0.2) is 0 Å². The number of esters is 3. The summed E-state index contributed by atoms with van der Waals surface area (Å²) in [5.74, 6) is 0.439. The number of rotatable bonds is 6. The molecule has 0 aromatic heterocycles. The molecule has 0 aromatic rings. The van der Waals surface area contributed by atoms with Gasteiger partial charge in [0.05, 0.1) is 28.5 Å². The number of hydrogen-bond donors (Lipinski definition) is 1. The third-order valence-corrected chi connectivity index (χ3v) is 10.2. The van der Waals surface area contributed by atoms with Gasteiger partial charge in [0.15, 0.2) is 12.2 Å². The Morgan fingerprint density at radius 2 is 1.54 bits per heavy atom. The number of aliphatic hydroxyl groups is 1. The first-order valence-electron chi connectivity index (χ1n) is 14.2. The van der Waals surface area contributed by atoms with Crippen molar-refractivity contribution in [1.82, 2.24) is 0 Å². The van der Waals surface area contributed by atoms with E-state index in [2.05, 4.69) is 0 Å². The molecule has 37 heavy (non-hydrogen) atoms. The van der Waals surface area contributed by atoms with Crippen LogP contribution < -0.4 is 0 Å². The Balaban J connectivity index is 0.000000152. The highest BCUT2D eigenvalue weighted by molar-refractivity contribution is 5.79. The monoisotopic (exact) mass is 520 g/mol. The van der Waals surface area contributed by atoms with Crippen LogP contribution in [0.15, 0.2) is 0 Å². The minimum Gasteiger partial charge on any atom is -0.459 e. The first-order valence-corrected chi connectivity index (χ1v) is 14.2. The molecule has 7 rings (SSSR count). The molecule has 7 unspecified atom stereocenters. The summed E-state index contributed by atoms with van der Waals surface area (Å²) in [4.78, 5) is 36.0. The molecule has 1 N–H and O–H groups in total. The van der Waals surface area contributed by atoms with Crippen LogP contribution in [-0.4, -0.2) is 58.6 Å². The van der Waals surface area contributed by atoms with Crippen LogP contribution in [0.5, 0.6) is 0 Å². The molecule has 0 spiro atoms. The van der Waals surface area contributed by atoms with E-state index in [4.69, 9.17) is 18.9 Å². The van der Waals surface area contributed by atoms with Crippen molar-refractivity contribution in [1.29, 1.82) is 0 Å². The Hall–Kier alpha value is -1.67. The van der Waals surface area contributed by atoms with E-state index in [-0.39, 0.29) is 41.6 Å². The van der Waals surface area contributed by atoms with Crippen LogP contribution in [-0.2, 0) is 33.3 Å². The van der Waals surface area contributed by atoms with Gasteiger partial charge in [-0.15, -0.1) is 0 Å². The lowest BCUT2D eigenvalue weighted by Crippen LogP contribution is -2.61. The highest BCUT2D eigenvalue weighted by Crippen LogP contribution is 2.59. The van der Waals surface area contributed by atoms with Crippen LogP contribution in [0.25, 0.3) is 0 Å². The van der Waals surface area contributed by atoms with Gasteiger partial charge in [0.1, 0.15) is 11.7 Å². The molecule has 8 nitrogen and oxygen atoms in total. The standard InChI is InChI=1S/C16H26O3.C13H18O5/c1-4-14(2,3)13(17)19-16-8-11-5-12(9-16)7-15(18,6-11)10-16;1-4-13(2,3)12(15)18-9-7-5-6-8(16-7)10(9)17-11(6)14/h11-12,18H,4-10H2,1-3H3;6-10H,4-5H2,1-3H3. The quantitative estimate of drug-likeness (QED) is 0.412. The van der Waals surface area contributed by atoms with Crippen LogP contribution in [0.3, 0.4) is 0 Å². The summed E-state index contributed by atoms with van der Waals surface area (Å²) in [6.45, 7) is 11.6. The molecular formula is C29H44O8. The molecule has 7 atom stereocenters. The van der Waals surface area contributed by atoms with Crippen molar-refractivity contribution >= 4 is 17.9 Å². The maximum absolute atomic E-state index is 12.4. The van der Waals surface area contributed by atoms with E-state index >= 15 is 0 Å². The molecule has 0 radical (unpaired) electrons. The Kier molecular flexibility index (Phi) is 6.50. The molecule has 208 valence electrons. The van der Waals surface area contributed by atoms with E-state index < -0.39 is 28.6 Å². The predicted molar refractivity (Wildman–Crippen MR) is 133 cm³/mol. The Bertz CT molecular complexity index is 940. The maximum Gasteiger partial charge on any atom is 0.312 e. The fraction of sp³-hybridized carbons (Fsp3) is 0.897. The van der Waals surface area contributed by atoms with Crippen molar-refractivity contribution in [2.45, 2.75) is 135 Å². The minimum atomic E-state index is -0.555. The fourth-order valence-electron chi connectivity index (χ4n) is 7.54. The zero-order valence-electron chi connectivity index (χ0n) is 23.2. The number of carbonyl (C=O) groups is 3. The molecule has 7 aliphatic rings. The SMILES string of the molecule is CCC(C)(C)C(=O)OC12CC3CC(CC(O)(C3)C1)C2.CCC(C)(C)C(=O)OC1C2CC3C(=O)OC1C3O2. The highest BCUT2D eigenvalue weighted by atomic mass is 16.7. The third kappa shape index (κ3) is 4.70. The highest BCUT2D eigenvalue weighted by Gasteiger charge is 2.65. The van der Waals surface area contributed by atoms with E-state index in [1.807, 2.05) is 41.5 Å². The second-order valence-electron chi connectivity index (χ2n) is 14.0. The summed E-state index contributed by atoms with van der Waals surface area (Å²) >= 11 is 0. The first-order chi connectivity index (χ1) is 17.2. The lowest BCUT2D eigenvalue weighted by molar-refractivity contribution is -0.225. The Morgan fingerprint density at radius 1 is 0.946 bits per heavy atom. The Morgan fingerprint density at radius 3 is 2.11 bits per heavy atom. The molecule has 7 fully saturated rings. The van der Waals surface area contributed by atoms with Crippen LogP contribution in [0, 0.1) is 28.6 Å².